The molecule has 3 N–H and O–H groups in total. The number of anilines is 1. The number of Topliss-reactive ketones (excluding diaryl/α,β-unsaturated/α-hetero) is 1. The maximum absolute atomic E-state index is 14.3. The number of carbonyl (C=O) groups is 2. The Labute approximate surface area is 245 Å². The van der Waals surface area contributed by atoms with Crippen LogP contribution in [-0.4, -0.2) is 70.5 Å². The molecule has 0 spiro atoms. The van der Waals surface area contributed by atoms with Crippen molar-refractivity contribution in [3.63, 3.8) is 0 Å². The number of hydrogen-bond acceptors (Lipinski definition) is 9. The zero-order valence-electron chi connectivity index (χ0n) is 23.5. The molecule has 7 rings (SSSR count). The van der Waals surface area contributed by atoms with E-state index in [0.717, 1.165) is 18.4 Å². The van der Waals surface area contributed by atoms with Crippen LogP contribution in [-0.2, 0) is 0 Å². The molecule has 0 radical (unpaired) electrons. The molecule has 0 saturated carbocycles. The van der Waals surface area contributed by atoms with Crippen molar-refractivity contribution < 1.29 is 18.7 Å². The second-order valence-electron chi connectivity index (χ2n) is 11.0. The maximum atomic E-state index is 14.3. The lowest BCUT2D eigenvalue weighted by molar-refractivity contribution is 0.0556. The number of piperidine rings is 1. The van der Waals surface area contributed by atoms with Crippen molar-refractivity contribution in [1.29, 1.82) is 0 Å². The molecule has 2 bridgehead atoms. The fourth-order valence-corrected chi connectivity index (χ4v) is 6.61. The zero-order chi connectivity index (χ0) is 29.8. The third kappa shape index (κ3) is 4.39. The number of ketones is 1. The Kier molecular flexibility index (Phi) is 6.37. The fourth-order valence-electron chi connectivity index (χ4n) is 6.61. The van der Waals surface area contributed by atoms with E-state index in [0.29, 0.717) is 46.6 Å². The highest BCUT2D eigenvalue weighted by Crippen LogP contribution is 2.45. The number of H-pyrrole nitrogens is 1. The topological polar surface area (TPSA) is 157 Å². The minimum absolute atomic E-state index is 0.00988. The van der Waals surface area contributed by atoms with Crippen LogP contribution in [0.15, 0.2) is 49.1 Å². The van der Waals surface area contributed by atoms with Gasteiger partial charge in [0, 0.05) is 40.9 Å². The highest BCUT2D eigenvalue weighted by atomic mass is 19.1. The van der Waals surface area contributed by atoms with Crippen molar-refractivity contribution in [3.05, 3.63) is 72.0 Å². The van der Waals surface area contributed by atoms with E-state index in [4.69, 9.17) is 15.5 Å². The normalized spacial score (nSPS) is 19.6. The third-order valence-electron chi connectivity index (χ3n) is 8.56. The summed E-state index contributed by atoms with van der Waals surface area (Å²) in [5.74, 6) is -0.280. The monoisotopic (exact) mass is 581 g/mol. The number of ether oxygens (including phenoxy) is 1. The molecule has 13 heteroatoms. The molecule has 2 fully saturated rings. The molecule has 0 unspecified atom stereocenters. The van der Waals surface area contributed by atoms with Gasteiger partial charge in [-0.1, -0.05) is 6.07 Å². The van der Waals surface area contributed by atoms with Gasteiger partial charge in [-0.05, 0) is 56.9 Å². The Morgan fingerprint density at radius 3 is 2.49 bits per heavy atom. The first-order valence-corrected chi connectivity index (χ1v) is 14.0. The summed E-state index contributed by atoms with van der Waals surface area (Å²) < 4.78 is 20.8. The number of pyridine rings is 1. The SMILES string of the molecule is COc1ccc(-c2ccc(-c3cnn4c(N)c(C(C)=O)c([C@H]5C[C@H]6CC[C@@H](C5)N6C(=O)c5nnc[nH]5)nc34)cn2)cc1F. The molecule has 2 aliphatic heterocycles. The number of benzene rings is 1. The molecule has 218 valence electrons. The van der Waals surface area contributed by atoms with Crippen LogP contribution >= 0.6 is 0 Å². The molecule has 2 saturated heterocycles. The fraction of sp³-hybridized carbons (Fsp3) is 0.300. The van der Waals surface area contributed by atoms with Crippen LogP contribution in [0.5, 0.6) is 5.75 Å². The van der Waals surface area contributed by atoms with Gasteiger partial charge in [0.1, 0.15) is 12.1 Å². The predicted octanol–water partition coefficient (Wildman–Crippen LogP) is 4.06. The van der Waals surface area contributed by atoms with E-state index in [1.54, 1.807) is 30.6 Å². The molecule has 1 amide bonds. The molecular weight excluding hydrogens is 553 g/mol. The number of nitrogens with zero attached hydrogens (tertiary/aromatic N) is 7. The number of methoxy groups -OCH3 is 1. The average molecular weight is 582 g/mol. The Morgan fingerprint density at radius 2 is 1.86 bits per heavy atom. The standard InChI is InChI=1S/C30H28FN9O3/c1-15(41)25-26(18-9-19-5-6-20(10-18)39(19)30(42)28-34-14-35-38-28)37-29-21(13-36-40(29)27(25)32)17-3-7-23(33-12-17)16-4-8-24(43-2)22(31)11-16/h3-4,7-8,11-14,18-20H,5-6,9-10,32H2,1-2H3,(H,34,35,38)/t18-,19+,20-. The van der Waals surface area contributed by atoms with Gasteiger partial charge in [0.25, 0.3) is 5.91 Å². The number of aromatic nitrogens is 7. The summed E-state index contributed by atoms with van der Waals surface area (Å²) >= 11 is 0. The van der Waals surface area contributed by atoms with E-state index in [1.807, 2.05) is 11.0 Å². The average Bonchev–Trinajstić information content (AvgIpc) is 3.75. The van der Waals surface area contributed by atoms with E-state index >= 15 is 0 Å². The summed E-state index contributed by atoms with van der Waals surface area (Å²) in [5, 5.41) is 12.1. The first-order valence-electron chi connectivity index (χ1n) is 14.0. The lowest BCUT2D eigenvalue weighted by atomic mass is 9.85. The molecule has 6 heterocycles. The summed E-state index contributed by atoms with van der Waals surface area (Å²) in [6, 6.07) is 8.33. The second kappa shape index (κ2) is 10.3. The number of aromatic amines is 1. The van der Waals surface area contributed by atoms with Crippen molar-refractivity contribution in [1.82, 2.24) is 39.7 Å². The maximum Gasteiger partial charge on any atom is 0.292 e. The van der Waals surface area contributed by atoms with Crippen LogP contribution < -0.4 is 10.5 Å². The van der Waals surface area contributed by atoms with Crippen LogP contribution in [0.1, 0.15) is 65.2 Å². The highest BCUT2D eigenvalue weighted by Gasteiger charge is 2.45. The number of hydrogen-bond donors (Lipinski definition) is 2. The number of nitrogen functional groups attached to an aromatic ring is 1. The summed E-state index contributed by atoms with van der Waals surface area (Å²) in [7, 11) is 1.42. The van der Waals surface area contributed by atoms with Crippen molar-refractivity contribution >= 4 is 23.2 Å². The molecular formula is C30H28FN9O3. The van der Waals surface area contributed by atoms with Crippen LogP contribution in [0.2, 0.25) is 0 Å². The number of amides is 1. The van der Waals surface area contributed by atoms with Crippen molar-refractivity contribution in [3.8, 4) is 28.1 Å². The summed E-state index contributed by atoms with van der Waals surface area (Å²) in [5.41, 5.74) is 10.7. The Balaban J connectivity index is 1.24. The van der Waals surface area contributed by atoms with Gasteiger partial charge in [-0.25, -0.2) is 9.37 Å². The Hall–Kier alpha value is -5.20. The van der Waals surface area contributed by atoms with Crippen LogP contribution in [0.25, 0.3) is 28.0 Å². The molecule has 43 heavy (non-hydrogen) atoms. The Bertz CT molecular complexity index is 1860. The highest BCUT2D eigenvalue weighted by molar-refractivity contribution is 6.00. The number of carbonyl (C=O) groups excluding carboxylic acids is 2. The van der Waals surface area contributed by atoms with Gasteiger partial charge in [-0.2, -0.15) is 9.61 Å². The van der Waals surface area contributed by atoms with Gasteiger partial charge in [0.15, 0.2) is 23.0 Å². The zero-order valence-corrected chi connectivity index (χ0v) is 23.5. The number of nitrogens with two attached hydrogens (primary N) is 1. The van der Waals surface area contributed by atoms with Crippen LogP contribution in [0.3, 0.4) is 0 Å². The van der Waals surface area contributed by atoms with E-state index in [-0.39, 0.29) is 47.1 Å². The molecule has 5 aromatic rings. The first-order chi connectivity index (χ1) is 20.8. The molecule has 12 nitrogen and oxygen atoms in total. The van der Waals surface area contributed by atoms with Crippen molar-refractivity contribution in [2.45, 2.75) is 50.6 Å². The number of fused-ring (bicyclic) bond motifs is 3. The van der Waals surface area contributed by atoms with Gasteiger partial charge in [0.05, 0.1) is 30.3 Å². The smallest absolute Gasteiger partial charge is 0.292 e. The lowest BCUT2D eigenvalue weighted by Crippen LogP contribution is -2.46. The van der Waals surface area contributed by atoms with E-state index in [2.05, 4.69) is 25.3 Å². The number of nitrogens with one attached hydrogen (secondary N) is 1. The van der Waals surface area contributed by atoms with Gasteiger partial charge in [-0.15, -0.1) is 10.2 Å². The predicted molar refractivity (Wildman–Crippen MR) is 154 cm³/mol. The van der Waals surface area contributed by atoms with Gasteiger partial charge in [-0.3, -0.25) is 14.6 Å². The minimum atomic E-state index is -0.469. The van der Waals surface area contributed by atoms with Gasteiger partial charge < -0.3 is 20.4 Å². The lowest BCUT2D eigenvalue weighted by Gasteiger charge is -2.38. The summed E-state index contributed by atoms with van der Waals surface area (Å²) in [4.78, 5) is 40.4. The van der Waals surface area contributed by atoms with Gasteiger partial charge >= 0.3 is 0 Å². The largest absolute Gasteiger partial charge is 0.494 e. The molecule has 0 aliphatic carbocycles. The van der Waals surface area contributed by atoms with Crippen molar-refractivity contribution in [2.75, 3.05) is 12.8 Å². The Morgan fingerprint density at radius 1 is 1.09 bits per heavy atom. The van der Waals surface area contributed by atoms with Crippen LogP contribution in [0.4, 0.5) is 10.2 Å². The van der Waals surface area contributed by atoms with Crippen LogP contribution in [0, 0.1) is 5.82 Å². The first kappa shape index (κ1) is 26.7. The third-order valence-corrected chi connectivity index (χ3v) is 8.56. The van der Waals surface area contributed by atoms with E-state index in [9.17, 15) is 14.0 Å². The van der Waals surface area contributed by atoms with E-state index < -0.39 is 5.82 Å². The number of rotatable bonds is 6. The second-order valence-corrected chi connectivity index (χ2v) is 11.0. The molecule has 3 atom stereocenters. The minimum Gasteiger partial charge on any atom is -0.494 e. The summed E-state index contributed by atoms with van der Waals surface area (Å²) in [6.07, 6.45) is 7.75. The quantitative estimate of drug-likeness (QED) is 0.282. The van der Waals surface area contributed by atoms with E-state index in [1.165, 1.54) is 30.9 Å². The van der Waals surface area contributed by atoms with Gasteiger partial charge in [0.2, 0.25) is 5.82 Å². The molecule has 2 aliphatic rings. The molecule has 1 aromatic carbocycles. The molecule has 4 aromatic heterocycles. The number of halogens is 1. The van der Waals surface area contributed by atoms with Crippen molar-refractivity contribution in [2.24, 2.45) is 0 Å². The summed E-state index contributed by atoms with van der Waals surface area (Å²) in [6.45, 7) is 1.48.